The van der Waals surface area contributed by atoms with Crippen LogP contribution in [-0.2, 0) is 29.8 Å². The van der Waals surface area contributed by atoms with Crippen LogP contribution in [0.2, 0.25) is 0 Å². The largest absolute Gasteiger partial charge is 0.391 e. The van der Waals surface area contributed by atoms with Crippen molar-refractivity contribution in [3.05, 3.63) is 42.0 Å². The first-order chi connectivity index (χ1) is 20.2. The van der Waals surface area contributed by atoms with Crippen LogP contribution in [0.4, 0.5) is 5.69 Å². The van der Waals surface area contributed by atoms with Crippen LogP contribution >= 0.6 is 0 Å². The molecule has 1 aromatic rings. The Labute approximate surface area is 255 Å². The summed E-state index contributed by atoms with van der Waals surface area (Å²) in [6.45, 7) is 8.00. The van der Waals surface area contributed by atoms with Crippen molar-refractivity contribution in [2.24, 2.45) is 5.92 Å². The summed E-state index contributed by atoms with van der Waals surface area (Å²) in [4.78, 5) is 42.7. The maximum atomic E-state index is 14.1. The number of hydrogen-bond acceptors (Lipinski definition) is 7. The summed E-state index contributed by atoms with van der Waals surface area (Å²) in [5, 5.41) is 16.9. The fourth-order valence-electron chi connectivity index (χ4n) is 6.15. The van der Waals surface area contributed by atoms with Crippen molar-refractivity contribution in [2.45, 2.75) is 119 Å². The molecule has 5 atom stereocenters. The van der Waals surface area contributed by atoms with Crippen molar-refractivity contribution in [1.29, 1.82) is 0 Å². The fourth-order valence-corrected chi connectivity index (χ4v) is 7.47. The van der Waals surface area contributed by atoms with Gasteiger partial charge in [0.25, 0.3) is 5.91 Å². The number of amides is 3. The standard InChI is InChI=1S/C32H46N4O6S/c1-30(2,3)21-12-10-13-23(17-21)33-25-14-9-7-5-6-8-11-22-19-32(22,29(40)35-43(41,42)31(4)15-16-31)34-27(38)26-18-24(37)20-36(26)28(25)39/h8,10-13,17,22,24-26,33,37H,5-7,9,14-16,18-20H2,1-4H3,(H,34,38)(H,35,40)/b11-8-/t22-,24-,25+,26+,32-/m1/s1. The molecule has 0 bridgehead atoms. The lowest BCUT2D eigenvalue weighted by molar-refractivity contribution is -0.140. The highest BCUT2D eigenvalue weighted by Crippen LogP contribution is 2.47. The molecule has 4 N–H and O–H groups in total. The Balaban J connectivity index is 1.40. The Bertz CT molecular complexity index is 1400. The van der Waals surface area contributed by atoms with Crippen LogP contribution in [0.5, 0.6) is 0 Å². The molecule has 43 heavy (non-hydrogen) atoms. The lowest BCUT2D eigenvalue weighted by Crippen LogP contribution is -2.58. The quantitative estimate of drug-likeness (QED) is 0.373. The van der Waals surface area contributed by atoms with Gasteiger partial charge in [-0.2, -0.15) is 0 Å². The zero-order valence-corrected chi connectivity index (χ0v) is 26.5. The van der Waals surface area contributed by atoms with Gasteiger partial charge in [0.15, 0.2) is 0 Å². The molecule has 0 spiro atoms. The first-order valence-electron chi connectivity index (χ1n) is 15.6. The number of aliphatic hydroxyl groups is 1. The van der Waals surface area contributed by atoms with E-state index in [1.54, 1.807) is 6.92 Å². The zero-order valence-electron chi connectivity index (χ0n) is 25.7. The molecule has 236 valence electrons. The molecule has 1 aromatic carbocycles. The highest BCUT2D eigenvalue weighted by atomic mass is 32.2. The summed E-state index contributed by atoms with van der Waals surface area (Å²) in [5.74, 6) is -1.94. The van der Waals surface area contributed by atoms with Gasteiger partial charge < -0.3 is 20.6 Å². The summed E-state index contributed by atoms with van der Waals surface area (Å²) in [7, 11) is -3.90. The number of aliphatic hydroxyl groups excluding tert-OH is 1. The number of sulfonamides is 1. The average molecular weight is 615 g/mol. The summed E-state index contributed by atoms with van der Waals surface area (Å²) < 4.78 is 27.0. The number of fused-ring (bicyclic) bond motifs is 2. The second-order valence-electron chi connectivity index (χ2n) is 14.1. The van der Waals surface area contributed by atoms with Gasteiger partial charge in [-0.1, -0.05) is 57.9 Å². The highest BCUT2D eigenvalue weighted by Gasteiger charge is 2.63. The number of nitrogens with zero attached hydrogens (tertiary/aromatic N) is 1. The smallest absolute Gasteiger partial charge is 0.259 e. The Morgan fingerprint density at radius 1 is 1.14 bits per heavy atom. The molecular weight excluding hydrogens is 568 g/mol. The van der Waals surface area contributed by atoms with Gasteiger partial charge in [0.1, 0.15) is 17.6 Å². The minimum absolute atomic E-state index is 0.00634. The summed E-state index contributed by atoms with van der Waals surface area (Å²) >= 11 is 0. The predicted molar refractivity (Wildman–Crippen MR) is 165 cm³/mol. The number of hydrogen-bond donors (Lipinski definition) is 4. The third kappa shape index (κ3) is 6.62. The zero-order chi connectivity index (χ0) is 31.2. The molecule has 4 aliphatic rings. The molecule has 2 saturated carbocycles. The minimum atomic E-state index is -3.90. The van der Waals surface area contributed by atoms with Gasteiger partial charge in [0, 0.05) is 24.6 Å². The first-order valence-corrected chi connectivity index (χ1v) is 17.0. The molecule has 0 radical (unpaired) electrons. The molecule has 2 aliphatic heterocycles. The van der Waals surface area contributed by atoms with Crippen LogP contribution in [0.15, 0.2) is 36.4 Å². The second kappa shape index (κ2) is 11.5. The predicted octanol–water partition coefficient (Wildman–Crippen LogP) is 3.12. The summed E-state index contributed by atoms with van der Waals surface area (Å²) in [6, 6.07) is 6.40. The maximum Gasteiger partial charge on any atom is 0.259 e. The van der Waals surface area contributed by atoms with E-state index >= 15 is 0 Å². The molecule has 2 heterocycles. The number of benzene rings is 1. The van der Waals surface area contributed by atoms with Gasteiger partial charge in [-0.05, 0) is 68.6 Å². The van der Waals surface area contributed by atoms with Crippen LogP contribution in [-0.4, -0.2) is 71.2 Å². The van der Waals surface area contributed by atoms with Crippen LogP contribution < -0.4 is 15.4 Å². The molecular formula is C32H46N4O6S. The molecule has 0 aromatic heterocycles. The third-order valence-corrected chi connectivity index (χ3v) is 11.7. The normalized spacial score (nSPS) is 31.9. The highest BCUT2D eigenvalue weighted by molar-refractivity contribution is 7.91. The monoisotopic (exact) mass is 614 g/mol. The van der Waals surface area contributed by atoms with E-state index < -0.39 is 50.3 Å². The molecule has 10 nitrogen and oxygen atoms in total. The third-order valence-electron chi connectivity index (χ3n) is 9.56. The van der Waals surface area contributed by atoms with Crippen molar-refractivity contribution in [2.75, 3.05) is 11.9 Å². The van der Waals surface area contributed by atoms with E-state index in [0.29, 0.717) is 19.3 Å². The molecule has 5 rings (SSSR count). The van der Waals surface area contributed by atoms with Crippen LogP contribution in [0, 0.1) is 5.92 Å². The topological polar surface area (TPSA) is 145 Å². The maximum absolute atomic E-state index is 14.1. The molecule has 3 amide bonds. The molecule has 11 heteroatoms. The number of carbonyl (C=O) groups excluding carboxylic acids is 3. The van der Waals surface area contributed by atoms with Gasteiger partial charge in [-0.15, -0.1) is 0 Å². The number of anilines is 1. The van der Waals surface area contributed by atoms with E-state index in [4.69, 9.17) is 0 Å². The lowest BCUT2D eigenvalue weighted by Gasteiger charge is -2.30. The minimum Gasteiger partial charge on any atom is -0.391 e. The van der Waals surface area contributed by atoms with Gasteiger partial charge in [0.2, 0.25) is 21.8 Å². The second-order valence-corrected chi connectivity index (χ2v) is 16.3. The van der Waals surface area contributed by atoms with Gasteiger partial charge in [0.05, 0.1) is 10.9 Å². The summed E-state index contributed by atoms with van der Waals surface area (Å²) in [6.07, 6.45) is 8.19. The van der Waals surface area contributed by atoms with E-state index in [9.17, 15) is 27.9 Å². The van der Waals surface area contributed by atoms with Crippen LogP contribution in [0.1, 0.15) is 91.0 Å². The van der Waals surface area contributed by atoms with E-state index in [1.807, 2.05) is 30.4 Å². The van der Waals surface area contributed by atoms with Crippen LogP contribution in [0.25, 0.3) is 0 Å². The first kappa shape index (κ1) is 31.5. The molecule has 3 fully saturated rings. The Morgan fingerprint density at radius 2 is 1.88 bits per heavy atom. The van der Waals surface area contributed by atoms with Crippen molar-refractivity contribution in [3.63, 3.8) is 0 Å². The SMILES string of the molecule is CC(C)(C)c1cccc(N[C@H]2CCCCC/C=C\[C@@H]3C[C@@]3(C(=O)NS(=O)(=O)C3(C)CC3)NC(=O)[C@@H]3C[C@@H](O)CN3C2=O)c1. The van der Waals surface area contributed by atoms with Crippen molar-refractivity contribution >= 4 is 33.4 Å². The molecule has 0 unspecified atom stereocenters. The Hall–Kier alpha value is -2.92. The van der Waals surface area contributed by atoms with E-state index in [1.165, 1.54) is 4.90 Å². The number of allylic oxidation sites excluding steroid dienone is 1. The van der Waals surface area contributed by atoms with Crippen molar-refractivity contribution in [1.82, 2.24) is 14.9 Å². The van der Waals surface area contributed by atoms with Crippen molar-refractivity contribution in [3.8, 4) is 0 Å². The number of nitrogens with one attached hydrogen (secondary N) is 3. The van der Waals surface area contributed by atoms with E-state index in [2.05, 4.69) is 42.2 Å². The Morgan fingerprint density at radius 3 is 2.58 bits per heavy atom. The number of carbonyl (C=O) groups is 3. The lowest BCUT2D eigenvalue weighted by atomic mass is 9.87. The molecule has 2 aliphatic carbocycles. The van der Waals surface area contributed by atoms with E-state index in [-0.39, 0.29) is 36.6 Å². The fraction of sp³-hybridized carbons (Fsp3) is 0.656. The Kier molecular flexibility index (Phi) is 8.45. The van der Waals surface area contributed by atoms with Gasteiger partial charge in [-0.25, -0.2) is 8.42 Å². The van der Waals surface area contributed by atoms with E-state index in [0.717, 1.165) is 36.9 Å². The average Bonchev–Trinajstić information content (AvgIpc) is 3.81. The molecule has 1 saturated heterocycles. The van der Waals surface area contributed by atoms with Gasteiger partial charge in [-0.3, -0.25) is 19.1 Å². The summed E-state index contributed by atoms with van der Waals surface area (Å²) in [5.41, 5.74) is 0.453. The van der Waals surface area contributed by atoms with Crippen molar-refractivity contribution < 1.29 is 27.9 Å². The number of rotatable bonds is 5. The van der Waals surface area contributed by atoms with Crippen LogP contribution in [0.3, 0.4) is 0 Å². The van der Waals surface area contributed by atoms with Gasteiger partial charge >= 0.3 is 0 Å².